The molecule has 1 fully saturated rings. The smallest absolute Gasteiger partial charge is 0.325 e. The molecular formula is C19H20BrN5O4. The van der Waals surface area contributed by atoms with Gasteiger partial charge in [0, 0.05) is 48.6 Å². The predicted octanol–water partition coefficient (Wildman–Crippen LogP) is 0.861. The second kappa shape index (κ2) is 9.97. The number of carbonyl (C=O) groups excluding carboxylic acids is 3. The third kappa shape index (κ3) is 5.98. The number of benzene rings is 1. The Hall–Kier alpha value is -3.01. The quantitative estimate of drug-likeness (QED) is 0.635. The first-order valence-electron chi connectivity index (χ1n) is 9.02. The van der Waals surface area contributed by atoms with Gasteiger partial charge in [-0.2, -0.15) is 0 Å². The highest BCUT2D eigenvalue weighted by atomic mass is 79.9. The minimum atomic E-state index is -0.669. The lowest BCUT2D eigenvalue weighted by atomic mass is 10.2. The van der Waals surface area contributed by atoms with Crippen LogP contribution in [0.4, 0.5) is 5.95 Å². The number of rotatable bonds is 6. The number of aromatic nitrogens is 2. The number of nitrogens with zero attached hydrogens (tertiary/aromatic N) is 4. The van der Waals surface area contributed by atoms with Crippen LogP contribution >= 0.6 is 15.9 Å². The summed E-state index contributed by atoms with van der Waals surface area (Å²) in [5.74, 6) is -0.704. The van der Waals surface area contributed by atoms with Gasteiger partial charge in [0.1, 0.15) is 6.54 Å². The number of hydrogen-bond acceptors (Lipinski definition) is 7. The van der Waals surface area contributed by atoms with Gasteiger partial charge in [0.05, 0.1) is 0 Å². The van der Waals surface area contributed by atoms with E-state index >= 15 is 0 Å². The predicted molar refractivity (Wildman–Crippen MR) is 108 cm³/mol. The van der Waals surface area contributed by atoms with Gasteiger partial charge in [-0.05, 0) is 24.3 Å². The first kappa shape index (κ1) is 20.7. The van der Waals surface area contributed by atoms with Crippen LogP contribution in [0.25, 0.3) is 0 Å². The molecule has 0 aliphatic carbocycles. The standard InChI is InChI=1S/C19H20BrN5O4/c20-15-4-1-3-14(11-15)18(28)23-12-17(27)29-13-16(26)24-7-9-25(10-8-24)19-21-5-2-6-22-19/h1-6,11H,7-10,12-13H2,(H,23,28). The fourth-order valence-corrected chi connectivity index (χ4v) is 3.18. The second-order valence-electron chi connectivity index (χ2n) is 6.27. The Morgan fingerprint density at radius 1 is 1.07 bits per heavy atom. The van der Waals surface area contributed by atoms with E-state index in [0.29, 0.717) is 37.7 Å². The van der Waals surface area contributed by atoms with Crippen LogP contribution in [0.15, 0.2) is 47.2 Å². The SMILES string of the molecule is O=C(CNC(=O)c1cccc(Br)c1)OCC(=O)N1CCN(c2ncccn2)CC1. The Kier molecular flexibility index (Phi) is 7.12. The summed E-state index contributed by atoms with van der Waals surface area (Å²) in [5.41, 5.74) is 0.420. The maximum Gasteiger partial charge on any atom is 0.325 e. The van der Waals surface area contributed by atoms with Gasteiger partial charge < -0.3 is 19.9 Å². The molecule has 0 bridgehead atoms. The normalized spacial score (nSPS) is 13.7. The van der Waals surface area contributed by atoms with Gasteiger partial charge in [-0.25, -0.2) is 9.97 Å². The molecule has 1 aliphatic rings. The van der Waals surface area contributed by atoms with E-state index in [1.165, 1.54) is 0 Å². The largest absolute Gasteiger partial charge is 0.454 e. The van der Waals surface area contributed by atoms with Crippen molar-refractivity contribution in [2.45, 2.75) is 0 Å². The highest BCUT2D eigenvalue weighted by molar-refractivity contribution is 9.10. The summed E-state index contributed by atoms with van der Waals surface area (Å²) in [5, 5.41) is 2.47. The van der Waals surface area contributed by atoms with Gasteiger partial charge >= 0.3 is 5.97 Å². The van der Waals surface area contributed by atoms with Crippen molar-refractivity contribution in [3.05, 3.63) is 52.8 Å². The highest BCUT2D eigenvalue weighted by Gasteiger charge is 2.23. The minimum Gasteiger partial charge on any atom is -0.454 e. The molecular weight excluding hydrogens is 442 g/mol. The lowest BCUT2D eigenvalue weighted by Crippen LogP contribution is -2.50. The molecule has 3 rings (SSSR count). The van der Waals surface area contributed by atoms with Gasteiger partial charge in [-0.1, -0.05) is 22.0 Å². The van der Waals surface area contributed by atoms with Crippen LogP contribution in [0.5, 0.6) is 0 Å². The van der Waals surface area contributed by atoms with Gasteiger partial charge in [0.2, 0.25) is 5.95 Å². The summed E-state index contributed by atoms with van der Waals surface area (Å²) < 4.78 is 5.75. The fraction of sp³-hybridized carbons (Fsp3) is 0.316. The van der Waals surface area contributed by atoms with Crippen LogP contribution in [0.1, 0.15) is 10.4 Å². The van der Waals surface area contributed by atoms with Gasteiger partial charge in [-0.3, -0.25) is 14.4 Å². The molecule has 1 N–H and O–H groups in total. The molecule has 10 heteroatoms. The number of amides is 2. The first-order valence-corrected chi connectivity index (χ1v) is 9.81. The molecule has 1 aliphatic heterocycles. The van der Waals surface area contributed by atoms with E-state index < -0.39 is 11.9 Å². The van der Waals surface area contributed by atoms with Crippen LogP contribution in [0, 0.1) is 0 Å². The Morgan fingerprint density at radius 3 is 2.48 bits per heavy atom. The van der Waals surface area contributed by atoms with Crippen molar-refractivity contribution in [3.8, 4) is 0 Å². The number of anilines is 1. The van der Waals surface area contributed by atoms with Crippen molar-refractivity contribution < 1.29 is 19.1 Å². The van der Waals surface area contributed by atoms with Crippen LogP contribution in [-0.2, 0) is 14.3 Å². The number of piperazine rings is 1. The molecule has 1 aromatic carbocycles. The van der Waals surface area contributed by atoms with Gasteiger partial charge in [0.15, 0.2) is 6.61 Å². The maximum absolute atomic E-state index is 12.2. The third-order valence-electron chi connectivity index (χ3n) is 4.30. The van der Waals surface area contributed by atoms with E-state index in [1.807, 2.05) is 4.90 Å². The van der Waals surface area contributed by atoms with Gasteiger partial charge in [0.25, 0.3) is 11.8 Å². The topological polar surface area (TPSA) is 105 Å². The van der Waals surface area contributed by atoms with Crippen molar-refractivity contribution in [1.82, 2.24) is 20.2 Å². The van der Waals surface area contributed by atoms with Crippen molar-refractivity contribution in [2.24, 2.45) is 0 Å². The molecule has 0 radical (unpaired) electrons. The number of nitrogens with one attached hydrogen (secondary N) is 1. The number of ether oxygens (including phenoxy) is 1. The third-order valence-corrected chi connectivity index (χ3v) is 4.80. The summed E-state index contributed by atoms with van der Waals surface area (Å²) in [4.78, 5) is 48.1. The second-order valence-corrected chi connectivity index (χ2v) is 7.19. The minimum absolute atomic E-state index is 0.273. The zero-order chi connectivity index (χ0) is 20.6. The highest BCUT2D eigenvalue weighted by Crippen LogP contribution is 2.11. The molecule has 0 atom stereocenters. The number of halogens is 1. The molecule has 2 heterocycles. The van der Waals surface area contributed by atoms with Crippen molar-refractivity contribution in [1.29, 1.82) is 0 Å². The van der Waals surface area contributed by atoms with E-state index in [1.54, 1.807) is 47.6 Å². The van der Waals surface area contributed by atoms with Crippen LogP contribution in [0.2, 0.25) is 0 Å². The van der Waals surface area contributed by atoms with Crippen molar-refractivity contribution in [2.75, 3.05) is 44.2 Å². The molecule has 2 amide bonds. The Labute approximate surface area is 176 Å². The van der Waals surface area contributed by atoms with Crippen molar-refractivity contribution >= 4 is 39.7 Å². The summed E-state index contributed by atoms with van der Waals surface area (Å²) in [6, 6.07) is 8.54. The molecule has 152 valence electrons. The van der Waals surface area contributed by atoms with E-state index in [2.05, 4.69) is 31.2 Å². The average Bonchev–Trinajstić information content (AvgIpc) is 2.76. The lowest BCUT2D eigenvalue weighted by molar-refractivity contribution is -0.151. The maximum atomic E-state index is 12.2. The molecule has 0 saturated carbocycles. The van der Waals surface area contributed by atoms with E-state index in [4.69, 9.17) is 4.74 Å². The Bertz CT molecular complexity index is 872. The Morgan fingerprint density at radius 2 is 1.79 bits per heavy atom. The van der Waals surface area contributed by atoms with E-state index in [0.717, 1.165) is 4.47 Å². The monoisotopic (exact) mass is 461 g/mol. The first-order chi connectivity index (χ1) is 14.0. The molecule has 29 heavy (non-hydrogen) atoms. The summed E-state index contributed by atoms with van der Waals surface area (Å²) in [7, 11) is 0. The molecule has 0 spiro atoms. The van der Waals surface area contributed by atoms with E-state index in [-0.39, 0.29) is 19.1 Å². The molecule has 1 aromatic heterocycles. The van der Waals surface area contributed by atoms with Crippen LogP contribution < -0.4 is 10.2 Å². The number of esters is 1. The van der Waals surface area contributed by atoms with Gasteiger partial charge in [-0.15, -0.1) is 0 Å². The number of hydrogen-bond donors (Lipinski definition) is 1. The molecule has 0 unspecified atom stereocenters. The fourth-order valence-electron chi connectivity index (χ4n) is 2.78. The zero-order valence-electron chi connectivity index (χ0n) is 15.6. The Balaban J connectivity index is 1.37. The van der Waals surface area contributed by atoms with Crippen LogP contribution in [-0.4, -0.2) is 72.0 Å². The lowest BCUT2D eigenvalue weighted by Gasteiger charge is -2.34. The summed E-state index contributed by atoms with van der Waals surface area (Å²) >= 11 is 3.28. The molecule has 9 nitrogen and oxygen atoms in total. The zero-order valence-corrected chi connectivity index (χ0v) is 17.2. The number of carbonyl (C=O) groups is 3. The van der Waals surface area contributed by atoms with E-state index in [9.17, 15) is 14.4 Å². The molecule has 1 saturated heterocycles. The van der Waals surface area contributed by atoms with Crippen LogP contribution in [0.3, 0.4) is 0 Å². The summed E-state index contributed by atoms with van der Waals surface area (Å²) in [6.07, 6.45) is 3.35. The molecule has 2 aromatic rings. The summed E-state index contributed by atoms with van der Waals surface area (Å²) in [6.45, 7) is 1.53. The van der Waals surface area contributed by atoms with Crippen molar-refractivity contribution in [3.63, 3.8) is 0 Å². The average molecular weight is 462 g/mol.